The standard InChI is InChI=1S/C14H17FN4O/c1-2-16-9-13-17-7-8-19(13)10-14(20)18-12-6-4-3-5-11(12)15/h3-8,16H,2,9-10H2,1H3,(H,18,20). The van der Waals surface area contributed by atoms with Gasteiger partial charge in [0, 0.05) is 12.4 Å². The minimum atomic E-state index is -0.445. The molecular weight excluding hydrogens is 259 g/mol. The van der Waals surface area contributed by atoms with E-state index in [-0.39, 0.29) is 18.1 Å². The topological polar surface area (TPSA) is 59.0 Å². The van der Waals surface area contributed by atoms with Crippen LogP contribution in [0, 0.1) is 5.82 Å². The first-order valence-corrected chi connectivity index (χ1v) is 6.45. The predicted molar refractivity (Wildman–Crippen MR) is 74.6 cm³/mol. The number of halogens is 1. The van der Waals surface area contributed by atoms with Gasteiger partial charge in [-0.1, -0.05) is 19.1 Å². The van der Waals surface area contributed by atoms with Crippen LogP contribution in [0.2, 0.25) is 0 Å². The van der Waals surface area contributed by atoms with Crippen LogP contribution in [0.5, 0.6) is 0 Å². The van der Waals surface area contributed by atoms with Gasteiger partial charge in [-0.25, -0.2) is 9.37 Å². The number of anilines is 1. The van der Waals surface area contributed by atoms with Crippen molar-refractivity contribution < 1.29 is 9.18 Å². The van der Waals surface area contributed by atoms with E-state index in [1.165, 1.54) is 12.1 Å². The van der Waals surface area contributed by atoms with E-state index in [4.69, 9.17) is 0 Å². The minimum absolute atomic E-state index is 0.106. The average molecular weight is 276 g/mol. The largest absolute Gasteiger partial charge is 0.324 e. The lowest BCUT2D eigenvalue weighted by Crippen LogP contribution is -2.22. The molecule has 0 spiro atoms. The highest BCUT2D eigenvalue weighted by Crippen LogP contribution is 2.12. The average Bonchev–Trinajstić information content (AvgIpc) is 2.86. The van der Waals surface area contributed by atoms with E-state index >= 15 is 0 Å². The molecule has 0 aliphatic carbocycles. The van der Waals surface area contributed by atoms with Crippen molar-refractivity contribution in [1.29, 1.82) is 0 Å². The van der Waals surface area contributed by atoms with Crippen LogP contribution in [-0.4, -0.2) is 22.0 Å². The predicted octanol–water partition coefficient (Wildman–Crippen LogP) is 1.77. The molecular formula is C14H17FN4O. The smallest absolute Gasteiger partial charge is 0.244 e. The molecule has 2 N–H and O–H groups in total. The van der Waals surface area contributed by atoms with Gasteiger partial charge in [-0.15, -0.1) is 0 Å². The van der Waals surface area contributed by atoms with Crippen LogP contribution in [0.15, 0.2) is 36.7 Å². The van der Waals surface area contributed by atoms with Crippen LogP contribution < -0.4 is 10.6 Å². The zero-order chi connectivity index (χ0) is 14.4. The lowest BCUT2D eigenvalue weighted by molar-refractivity contribution is -0.116. The fraction of sp³-hybridized carbons (Fsp3) is 0.286. The first-order valence-electron chi connectivity index (χ1n) is 6.45. The summed E-state index contributed by atoms with van der Waals surface area (Å²) in [6.07, 6.45) is 3.37. The fourth-order valence-corrected chi connectivity index (χ4v) is 1.80. The van der Waals surface area contributed by atoms with Crippen molar-refractivity contribution in [3.63, 3.8) is 0 Å². The third-order valence-corrected chi connectivity index (χ3v) is 2.80. The molecule has 0 saturated carbocycles. The van der Waals surface area contributed by atoms with E-state index in [1.807, 2.05) is 6.92 Å². The van der Waals surface area contributed by atoms with Gasteiger partial charge in [0.25, 0.3) is 0 Å². The zero-order valence-corrected chi connectivity index (χ0v) is 11.3. The Morgan fingerprint density at radius 1 is 1.40 bits per heavy atom. The van der Waals surface area contributed by atoms with Crippen LogP contribution in [0.3, 0.4) is 0 Å². The Labute approximate surface area is 116 Å². The molecule has 1 aromatic heterocycles. The Bertz CT molecular complexity index is 582. The summed E-state index contributed by atoms with van der Waals surface area (Å²) in [5, 5.41) is 5.70. The lowest BCUT2D eigenvalue weighted by Gasteiger charge is -2.09. The highest BCUT2D eigenvalue weighted by molar-refractivity contribution is 5.90. The van der Waals surface area contributed by atoms with Crippen molar-refractivity contribution in [3.8, 4) is 0 Å². The highest BCUT2D eigenvalue weighted by atomic mass is 19.1. The summed E-state index contributed by atoms with van der Waals surface area (Å²) in [4.78, 5) is 16.1. The molecule has 6 heteroatoms. The summed E-state index contributed by atoms with van der Waals surface area (Å²) in [6, 6.07) is 6.09. The monoisotopic (exact) mass is 276 g/mol. The number of imidazole rings is 1. The Balaban J connectivity index is 1.98. The van der Waals surface area contributed by atoms with Crippen molar-refractivity contribution in [2.75, 3.05) is 11.9 Å². The van der Waals surface area contributed by atoms with E-state index in [2.05, 4.69) is 15.6 Å². The second kappa shape index (κ2) is 6.81. The van der Waals surface area contributed by atoms with Gasteiger partial charge in [-0.05, 0) is 18.7 Å². The number of benzene rings is 1. The number of aromatic nitrogens is 2. The van der Waals surface area contributed by atoms with Gasteiger partial charge in [0.05, 0.1) is 12.2 Å². The van der Waals surface area contributed by atoms with Crippen molar-refractivity contribution in [2.45, 2.75) is 20.0 Å². The summed E-state index contributed by atoms with van der Waals surface area (Å²) >= 11 is 0. The summed E-state index contributed by atoms with van der Waals surface area (Å²) < 4.78 is 15.2. The van der Waals surface area contributed by atoms with Gasteiger partial charge in [-0.2, -0.15) is 0 Å². The highest BCUT2D eigenvalue weighted by Gasteiger charge is 2.09. The summed E-state index contributed by atoms with van der Waals surface area (Å²) in [5.74, 6) is 0.0423. The molecule has 5 nitrogen and oxygen atoms in total. The molecule has 20 heavy (non-hydrogen) atoms. The van der Waals surface area contributed by atoms with E-state index < -0.39 is 5.82 Å². The van der Waals surface area contributed by atoms with E-state index in [0.717, 1.165) is 12.4 Å². The third-order valence-electron chi connectivity index (χ3n) is 2.80. The summed E-state index contributed by atoms with van der Waals surface area (Å²) in [7, 11) is 0. The first-order chi connectivity index (χ1) is 9.70. The summed E-state index contributed by atoms with van der Waals surface area (Å²) in [6.45, 7) is 3.53. The zero-order valence-electron chi connectivity index (χ0n) is 11.3. The van der Waals surface area contributed by atoms with Gasteiger partial charge >= 0.3 is 0 Å². The molecule has 2 rings (SSSR count). The Morgan fingerprint density at radius 3 is 2.95 bits per heavy atom. The molecule has 0 aliphatic rings. The van der Waals surface area contributed by atoms with Gasteiger partial charge in [0.15, 0.2) is 0 Å². The van der Waals surface area contributed by atoms with Gasteiger partial charge in [0.1, 0.15) is 18.2 Å². The van der Waals surface area contributed by atoms with Crippen LogP contribution in [0.1, 0.15) is 12.7 Å². The van der Waals surface area contributed by atoms with Crippen molar-refractivity contribution >= 4 is 11.6 Å². The number of amides is 1. The number of para-hydroxylation sites is 1. The number of rotatable bonds is 6. The molecule has 0 saturated heterocycles. The lowest BCUT2D eigenvalue weighted by atomic mass is 10.3. The molecule has 0 aliphatic heterocycles. The van der Waals surface area contributed by atoms with Crippen LogP contribution in [-0.2, 0) is 17.9 Å². The van der Waals surface area contributed by atoms with E-state index in [1.54, 1.807) is 29.1 Å². The Morgan fingerprint density at radius 2 is 2.20 bits per heavy atom. The first kappa shape index (κ1) is 14.2. The molecule has 0 atom stereocenters. The van der Waals surface area contributed by atoms with Crippen molar-refractivity contribution in [2.24, 2.45) is 0 Å². The minimum Gasteiger partial charge on any atom is -0.324 e. The van der Waals surface area contributed by atoms with E-state index in [0.29, 0.717) is 6.54 Å². The Hall–Kier alpha value is -2.21. The SMILES string of the molecule is CCNCc1nccn1CC(=O)Nc1ccccc1F. The molecule has 0 unspecified atom stereocenters. The second-order valence-electron chi connectivity index (χ2n) is 4.28. The molecule has 1 aromatic carbocycles. The number of carbonyl (C=O) groups excluding carboxylic acids is 1. The molecule has 0 fully saturated rings. The number of nitrogens with one attached hydrogen (secondary N) is 2. The number of nitrogens with zero attached hydrogens (tertiary/aromatic N) is 2. The normalized spacial score (nSPS) is 10.5. The van der Waals surface area contributed by atoms with Gasteiger partial charge in [0.2, 0.25) is 5.91 Å². The van der Waals surface area contributed by atoms with Crippen LogP contribution in [0.4, 0.5) is 10.1 Å². The molecule has 0 bridgehead atoms. The van der Waals surface area contributed by atoms with Crippen molar-refractivity contribution in [3.05, 3.63) is 48.3 Å². The Kier molecular flexibility index (Phi) is 4.84. The maximum absolute atomic E-state index is 13.4. The van der Waals surface area contributed by atoms with Gasteiger partial charge in [-0.3, -0.25) is 4.79 Å². The number of hydrogen-bond acceptors (Lipinski definition) is 3. The molecule has 106 valence electrons. The molecule has 2 aromatic rings. The fourth-order valence-electron chi connectivity index (χ4n) is 1.80. The molecule has 0 radical (unpaired) electrons. The van der Waals surface area contributed by atoms with Gasteiger partial charge < -0.3 is 15.2 Å². The maximum atomic E-state index is 13.4. The summed E-state index contributed by atoms with van der Waals surface area (Å²) in [5.41, 5.74) is 0.186. The number of carbonyl (C=O) groups is 1. The van der Waals surface area contributed by atoms with Crippen LogP contribution >= 0.6 is 0 Å². The van der Waals surface area contributed by atoms with Crippen LogP contribution in [0.25, 0.3) is 0 Å². The quantitative estimate of drug-likeness (QED) is 0.845. The third kappa shape index (κ3) is 3.64. The maximum Gasteiger partial charge on any atom is 0.244 e. The van der Waals surface area contributed by atoms with E-state index in [9.17, 15) is 9.18 Å². The van der Waals surface area contributed by atoms with Crippen molar-refractivity contribution in [1.82, 2.24) is 14.9 Å². The molecule has 1 amide bonds. The number of hydrogen-bond donors (Lipinski definition) is 2. The molecule has 1 heterocycles. The second-order valence-corrected chi connectivity index (χ2v) is 4.28.